The van der Waals surface area contributed by atoms with E-state index in [0.717, 1.165) is 24.8 Å². The molecule has 182 valence electrons. The van der Waals surface area contributed by atoms with Crippen molar-refractivity contribution < 1.29 is 28.6 Å². The van der Waals surface area contributed by atoms with E-state index in [4.69, 9.17) is 13.9 Å². The second kappa shape index (κ2) is 6.33. The van der Waals surface area contributed by atoms with E-state index in [1.807, 2.05) is 32.3 Å². The second-order valence-corrected chi connectivity index (χ2v) is 12.3. The van der Waals surface area contributed by atoms with Crippen LogP contribution in [0.15, 0.2) is 46.5 Å². The number of aliphatic hydroxyl groups is 1. The number of esters is 1. The van der Waals surface area contributed by atoms with Gasteiger partial charge in [0.15, 0.2) is 5.78 Å². The molecule has 2 saturated carbocycles. The van der Waals surface area contributed by atoms with Crippen LogP contribution < -0.4 is 0 Å². The van der Waals surface area contributed by atoms with Crippen molar-refractivity contribution in [3.63, 3.8) is 0 Å². The Kier molecular flexibility index (Phi) is 4.15. The molecule has 1 aromatic rings. The molecule has 0 aromatic carbocycles. The number of ketones is 1. The molecule has 34 heavy (non-hydrogen) atoms. The van der Waals surface area contributed by atoms with Crippen LogP contribution in [-0.2, 0) is 19.1 Å². The minimum Gasteiger partial charge on any atom is -0.472 e. The molecule has 3 fully saturated rings. The molecule has 0 bridgehead atoms. The monoisotopic (exact) mass is 466 g/mol. The highest BCUT2D eigenvalue weighted by Crippen LogP contribution is 2.82. The number of carbonyl (C=O) groups excluding carboxylic acids is 2. The van der Waals surface area contributed by atoms with Gasteiger partial charge >= 0.3 is 5.97 Å². The summed E-state index contributed by atoms with van der Waals surface area (Å²) in [5.41, 5.74) is -0.968. The average Bonchev–Trinajstić information content (AvgIpc) is 3.11. The van der Waals surface area contributed by atoms with Gasteiger partial charge in [-0.05, 0) is 68.2 Å². The zero-order chi connectivity index (χ0) is 24.5. The standard InChI is InChI=1S/C28H34O6/c1-15(29)33-21-22-24(2,3)19(30)8-10-25(22,4)18-7-11-26(5)17(16-9-12-32-14-16)13-20-28(26,34-20)27(18,6)23(21)31/h8-10,12,14,17-18,20,23,31H,7,11,13H2,1-6H3/t17-,18+,20+,23+,25+,26-,27-,28+/m0/s1. The van der Waals surface area contributed by atoms with E-state index in [0.29, 0.717) is 0 Å². The lowest BCUT2D eigenvalue weighted by molar-refractivity contribution is -0.183. The van der Waals surface area contributed by atoms with E-state index in [9.17, 15) is 14.7 Å². The Morgan fingerprint density at radius 2 is 1.94 bits per heavy atom. The van der Waals surface area contributed by atoms with Crippen LogP contribution in [0.3, 0.4) is 0 Å². The number of hydrogen-bond donors (Lipinski definition) is 1. The number of carbonyl (C=O) groups is 2. The number of ether oxygens (including phenoxy) is 2. The summed E-state index contributed by atoms with van der Waals surface area (Å²) in [6.07, 6.45) is 8.89. The van der Waals surface area contributed by atoms with Gasteiger partial charge in [0, 0.05) is 23.2 Å². The van der Waals surface area contributed by atoms with Crippen molar-refractivity contribution in [2.24, 2.45) is 27.6 Å². The van der Waals surface area contributed by atoms with Crippen LogP contribution in [0.25, 0.3) is 0 Å². The van der Waals surface area contributed by atoms with Gasteiger partial charge < -0.3 is 19.0 Å². The maximum atomic E-state index is 13.0. The lowest BCUT2D eigenvalue weighted by Gasteiger charge is -2.65. The SMILES string of the molecule is CC(=O)OC1=C2C(C)(C)C(=O)C=C[C@]2(C)[C@H]2CC[C@@]3(C)[C@H](c4ccoc4)C[C@H]4O[C@]43[C@]2(C)[C@@H]1O. The molecule has 1 N–H and O–H groups in total. The number of fused-ring (bicyclic) bond motifs is 3. The third kappa shape index (κ3) is 2.21. The summed E-state index contributed by atoms with van der Waals surface area (Å²) in [5, 5.41) is 12.1. The minimum absolute atomic E-state index is 0.0193. The van der Waals surface area contributed by atoms with Crippen molar-refractivity contribution in [2.45, 2.75) is 84.5 Å². The number of allylic oxidation sites excluding steroid dienone is 3. The first kappa shape index (κ1) is 22.3. The van der Waals surface area contributed by atoms with Crippen molar-refractivity contribution in [3.8, 4) is 0 Å². The van der Waals surface area contributed by atoms with E-state index in [1.54, 1.807) is 12.3 Å². The fraction of sp³-hybridized carbons (Fsp3) is 0.643. The Bertz CT molecular complexity index is 1160. The Morgan fingerprint density at radius 1 is 1.21 bits per heavy atom. The summed E-state index contributed by atoms with van der Waals surface area (Å²) < 4.78 is 17.9. The van der Waals surface area contributed by atoms with Gasteiger partial charge in [-0.15, -0.1) is 0 Å². The highest BCUT2D eigenvalue weighted by atomic mass is 16.6. The highest BCUT2D eigenvalue weighted by molar-refractivity contribution is 5.99. The molecule has 8 atom stereocenters. The molecule has 0 radical (unpaired) electrons. The average molecular weight is 467 g/mol. The molecule has 6 rings (SSSR count). The van der Waals surface area contributed by atoms with Gasteiger partial charge in [-0.2, -0.15) is 0 Å². The summed E-state index contributed by atoms with van der Waals surface area (Å²) in [4.78, 5) is 25.3. The van der Waals surface area contributed by atoms with Crippen LogP contribution in [0.2, 0.25) is 0 Å². The molecular formula is C28H34O6. The summed E-state index contributed by atoms with van der Waals surface area (Å²) in [5.74, 6) is 0.00639. The van der Waals surface area contributed by atoms with Crippen LogP contribution in [0.1, 0.15) is 72.3 Å². The van der Waals surface area contributed by atoms with Crippen LogP contribution in [-0.4, -0.2) is 34.7 Å². The summed E-state index contributed by atoms with van der Waals surface area (Å²) in [7, 11) is 0. The quantitative estimate of drug-likeness (QED) is 0.502. The largest absolute Gasteiger partial charge is 0.472 e. The molecule has 1 saturated heterocycles. The van der Waals surface area contributed by atoms with Gasteiger partial charge in [0.1, 0.15) is 17.5 Å². The molecule has 0 unspecified atom stereocenters. The number of rotatable bonds is 2. The van der Waals surface area contributed by atoms with Gasteiger partial charge in [-0.25, -0.2) is 0 Å². The lowest BCUT2D eigenvalue weighted by atomic mass is 9.39. The molecule has 6 nitrogen and oxygen atoms in total. The van der Waals surface area contributed by atoms with Gasteiger partial charge in [-0.3, -0.25) is 9.59 Å². The number of hydrogen-bond acceptors (Lipinski definition) is 6. The Hall–Kier alpha value is -2.18. The molecule has 1 aromatic heterocycles. The van der Waals surface area contributed by atoms with E-state index in [1.165, 1.54) is 12.5 Å². The fourth-order valence-electron chi connectivity index (χ4n) is 9.26. The topological polar surface area (TPSA) is 89.3 Å². The van der Waals surface area contributed by atoms with Crippen molar-refractivity contribution >= 4 is 11.8 Å². The van der Waals surface area contributed by atoms with Gasteiger partial charge in [0.25, 0.3) is 0 Å². The smallest absolute Gasteiger partial charge is 0.307 e. The molecule has 0 amide bonds. The van der Waals surface area contributed by atoms with E-state index in [2.05, 4.69) is 20.8 Å². The number of aliphatic hydroxyl groups excluding tert-OH is 1. The van der Waals surface area contributed by atoms with Crippen LogP contribution in [0, 0.1) is 27.6 Å². The van der Waals surface area contributed by atoms with E-state index in [-0.39, 0.29) is 34.9 Å². The van der Waals surface area contributed by atoms with Crippen LogP contribution in [0.4, 0.5) is 0 Å². The summed E-state index contributed by atoms with van der Waals surface area (Å²) in [6.45, 7) is 11.7. The Morgan fingerprint density at radius 3 is 2.59 bits per heavy atom. The second-order valence-electron chi connectivity index (χ2n) is 12.3. The summed E-state index contributed by atoms with van der Waals surface area (Å²) >= 11 is 0. The minimum atomic E-state index is -1.06. The number of furan rings is 1. The fourth-order valence-corrected chi connectivity index (χ4v) is 9.26. The first-order chi connectivity index (χ1) is 15.9. The van der Waals surface area contributed by atoms with Gasteiger partial charge in [0.05, 0.1) is 24.0 Å². The Balaban J connectivity index is 1.58. The van der Waals surface area contributed by atoms with Crippen molar-refractivity contribution in [3.05, 3.63) is 47.6 Å². The van der Waals surface area contributed by atoms with Crippen molar-refractivity contribution in [1.29, 1.82) is 0 Å². The maximum Gasteiger partial charge on any atom is 0.307 e. The number of epoxide rings is 1. The molecule has 5 aliphatic rings. The van der Waals surface area contributed by atoms with Crippen LogP contribution in [0.5, 0.6) is 0 Å². The molecular weight excluding hydrogens is 432 g/mol. The molecule has 4 aliphatic carbocycles. The normalized spacial score (nSPS) is 48.0. The van der Waals surface area contributed by atoms with Crippen LogP contribution >= 0.6 is 0 Å². The predicted octanol–water partition coefficient (Wildman–Crippen LogP) is 4.69. The predicted molar refractivity (Wildman–Crippen MR) is 123 cm³/mol. The molecule has 1 aliphatic heterocycles. The van der Waals surface area contributed by atoms with E-state index < -0.39 is 33.9 Å². The third-order valence-corrected chi connectivity index (χ3v) is 10.6. The highest BCUT2D eigenvalue weighted by Gasteiger charge is 2.86. The zero-order valence-corrected chi connectivity index (χ0v) is 20.8. The van der Waals surface area contributed by atoms with Gasteiger partial charge in [-0.1, -0.05) is 26.8 Å². The third-order valence-electron chi connectivity index (χ3n) is 10.6. The lowest BCUT2D eigenvalue weighted by Crippen LogP contribution is -2.68. The van der Waals surface area contributed by atoms with Crippen molar-refractivity contribution in [1.82, 2.24) is 0 Å². The first-order valence-electron chi connectivity index (χ1n) is 12.4. The molecule has 1 spiro atoms. The zero-order valence-electron chi connectivity index (χ0n) is 20.8. The Labute approximate surface area is 200 Å². The first-order valence-corrected chi connectivity index (χ1v) is 12.4. The van der Waals surface area contributed by atoms with Gasteiger partial charge in [0.2, 0.25) is 0 Å². The molecule has 6 heteroatoms. The van der Waals surface area contributed by atoms with E-state index >= 15 is 0 Å². The molecule has 2 heterocycles. The summed E-state index contributed by atoms with van der Waals surface area (Å²) in [6, 6.07) is 2.04. The maximum absolute atomic E-state index is 13.0. The van der Waals surface area contributed by atoms with Crippen molar-refractivity contribution in [2.75, 3.05) is 0 Å².